The second kappa shape index (κ2) is 8.91. The molecule has 2 heterocycles. The molecule has 1 aliphatic heterocycles. The van der Waals surface area contributed by atoms with Gasteiger partial charge in [0, 0.05) is 41.5 Å². The van der Waals surface area contributed by atoms with E-state index < -0.39 is 4.92 Å². The fourth-order valence-electron chi connectivity index (χ4n) is 3.76. The summed E-state index contributed by atoms with van der Waals surface area (Å²) in [5, 5.41) is 22.6. The van der Waals surface area contributed by atoms with Gasteiger partial charge in [-0.2, -0.15) is 0 Å². The van der Waals surface area contributed by atoms with E-state index in [2.05, 4.69) is 20.4 Å². The summed E-state index contributed by atoms with van der Waals surface area (Å²) in [6.45, 7) is 3.61. The number of hydrogen-bond acceptors (Lipinski definition) is 6. The number of amides is 1. The number of nitro benzene ring substituents is 1. The van der Waals surface area contributed by atoms with Gasteiger partial charge in [0.25, 0.3) is 11.6 Å². The summed E-state index contributed by atoms with van der Waals surface area (Å²) in [5.74, 6) is 0.513. The van der Waals surface area contributed by atoms with Crippen LogP contribution in [0.2, 0.25) is 0 Å². The molecule has 1 aliphatic rings. The van der Waals surface area contributed by atoms with Gasteiger partial charge in [-0.05, 0) is 56.5 Å². The molecule has 158 valence electrons. The predicted molar refractivity (Wildman–Crippen MR) is 119 cm³/mol. The van der Waals surface area contributed by atoms with Gasteiger partial charge in [0.15, 0.2) is 5.82 Å². The normalized spacial score (nSPS) is 13.6. The monoisotopic (exact) mass is 417 g/mol. The Hall–Kier alpha value is -3.81. The third-order valence-corrected chi connectivity index (χ3v) is 5.52. The van der Waals surface area contributed by atoms with Crippen LogP contribution >= 0.6 is 0 Å². The Morgan fingerprint density at radius 2 is 1.74 bits per heavy atom. The molecular formula is C23H23N5O3. The number of benzene rings is 2. The lowest BCUT2D eigenvalue weighted by molar-refractivity contribution is -0.385. The number of nitrogens with zero attached hydrogens (tertiary/aromatic N) is 4. The molecule has 1 amide bonds. The molecule has 8 heteroatoms. The van der Waals surface area contributed by atoms with Crippen LogP contribution in [0.4, 0.5) is 17.2 Å². The standard InChI is InChI=1S/C23H23N5O3/c1-16-19(6-5-7-21(16)28(30)31)23(29)24-18-10-8-17(9-11-18)20-12-13-22(26-25-20)27-14-3-2-4-15-27/h5-13H,2-4,14-15H2,1H3,(H,24,29). The summed E-state index contributed by atoms with van der Waals surface area (Å²) < 4.78 is 0. The van der Waals surface area contributed by atoms with Gasteiger partial charge in [0.1, 0.15) is 0 Å². The van der Waals surface area contributed by atoms with Crippen LogP contribution in [0.3, 0.4) is 0 Å². The van der Waals surface area contributed by atoms with Gasteiger partial charge in [0.2, 0.25) is 0 Å². The highest BCUT2D eigenvalue weighted by Gasteiger charge is 2.18. The number of anilines is 2. The molecule has 1 N–H and O–H groups in total. The number of carbonyl (C=O) groups excluding carboxylic acids is 1. The smallest absolute Gasteiger partial charge is 0.273 e. The number of carbonyl (C=O) groups is 1. The molecule has 0 spiro atoms. The molecule has 0 bridgehead atoms. The Kier molecular flexibility index (Phi) is 5.88. The van der Waals surface area contributed by atoms with Crippen molar-refractivity contribution in [1.29, 1.82) is 0 Å². The third kappa shape index (κ3) is 4.53. The maximum Gasteiger partial charge on any atom is 0.273 e. The van der Waals surface area contributed by atoms with Gasteiger partial charge in [0.05, 0.1) is 10.6 Å². The minimum atomic E-state index is -0.488. The second-order valence-corrected chi connectivity index (χ2v) is 7.56. The Bertz CT molecular complexity index is 1090. The molecule has 0 saturated carbocycles. The molecule has 2 aromatic carbocycles. The first-order valence-electron chi connectivity index (χ1n) is 10.3. The molecular weight excluding hydrogens is 394 g/mol. The SMILES string of the molecule is Cc1c(C(=O)Nc2ccc(-c3ccc(N4CCCCC4)nn3)cc2)cccc1[N+](=O)[O-]. The summed E-state index contributed by atoms with van der Waals surface area (Å²) in [7, 11) is 0. The van der Waals surface area contributed by atoms with Crippen LogP contribution < -0.4 is 10.2 Å². The van der Waals surface area contributed by atoms with Gasteiger partial charge in [-0.1, -0.05) is 18.2 Å². The van der Waals surface area contributed by atoms with Crippen molar-refractivity contribution in [3.05, 3.63) is 75.8 Å². The first kappa shape index (κ1) is 20.5. The Labute approximate surface area is 180 Å². The van der Waals surface area contributed by atoms with E-state index in [0.29, 0.717) is 11.3 Å². The van der Waals surface area contributed by atoms with Crippen LogP contribution in [0.15, 0.2) is 54.6 Å². The fraction of sp³-hybridized carbons (Fsp3) is 0.261. The highest BCUT2D eigenvalue weighted by molar-refractivity contribution is 6.05. The molecule has 0 radical (unpaired) electrons. The van der Waals surface area contributed by atoms with Crippen molar-refractivity contribution >= 4 is 23.1 Å². The van der Waals surface area contributed by atoms with Crippen molar-refractivity contribution in [2.24, 2.45) is 0 Å². The van der Waals surface area contributed by atoms with Gasteiger partial charge >= 0.3 is 0 Å². The molecule has 8 nitrogen and oxygen atoms in total. The van der Waals surface area contributed by atoms with Crippen LogP contribution in [-0.4, -0.2) is 34.1 Å². The molecule has 3 aromatic rings. The quantitative estimate of drug-likeness (QED) is 0.481. The van der Waals surface area contributed by atoms with Crippen molar-refractivity contribution in [2.45, 2.75) is 26.2 Å². The van der Waals surface area contributed by atoms with E-state index in [9.17, 15) is 14.9 Å². The van der Waals surface area contributed by atoms with E-state index in [1.54, 1.807) is 25.1 Å². The lowest BCUT2D eigenvalue weighted by Crippen LogP contribution is -2.30. The van der Waals surface area contributed by atoms with Crippen molar-refractivity contribution in [2.75, 3.05) is 23.3 Å². The van der Waals surface area contributed by atoms with Gasteiger partial charge in [-0.25, -0.2) is 0 Å². The second-order valence-electron chi connectivity index (χ2n) is 7.56. The van der Waals surface area contributed by atoms with Crippen LogP contribution in [0.5, 0.6) is 0 Å². The highest BCUT2D eigenvalue weighted by atomic mass is 16.6. The lowest BCUT2D eigenvalue weighted by atomic mass is 10.1. The van der Waals surface area contributed by atoms with Crippen LogP contribution in [0.25, 0.3) is 11.3 Å². The van der Waals surface area contributed by atoms with E-state index in [4.69, 9.17) is 0 Å². The fourth-order valence-corrected chi connectivity index (χ4v) is 3.76. The molecule has 1 aromatic heterocycles. The minimum Gasteiger partial charge on any atom is -0.355 e. The molecule has 4 rings (SSSR count). The van der Waals surface area contributed by atoms with Crippen molar-refractivity contribution in [3.63, 3.8) is 0 Å². The first-order valence-corrected chi connectivity index (χ1v) is 10.3. The Morgan fingerprint density at radius 3 is 2.39 bits per heavy atom. The topological polar surface area (TPSA) is 101 Å². The van der Waals surface area contributed by atoms with E-state index in [0.717, 1.165) is 30.2 Å². The zero-order valence-electron chi connectivity index (χ0n) is 17.2. The van der Waals surface area contributed by atoms with Gasteiger partial charge in [-0.3, -0.25) is 14.9 Å². The number of piperidine rings is 1. The largest absolute Gasteiger partial charge is 0.355 e. The van der Waals surface area contributed by atoms with E-state index in [1.165, 1.54) is 31.4 Å². The summed E-state index contributed by atoms with van der Waals surface area (Å²) in [4.78, 5) is 25.5. The summed E-state index contributed by atoms with van der Waals surface area (Å²) in [6, 6.07) is 15.7. The number of nitrogens with one attached hydrogen (secondary N) is 1. The predicted octanol–water partition coefficient (Wildman–Crippen LogP) is 4.60. The average molecular weight is 417 g/mol. The average Bonchev–Trinajstić information content (AvgIpc) is 2.80. The van der Waals surface area contributed by atoms with Crippen LogP contribution in [-0.2, 0) is 0 Å². The first-order chi connectivity index (χ1) is 15.0. The maximum atomic E-state index is 12.6. The van der Waals surface area contributed by atoms with Gasteiger partial charge in [-0.15, -0.1) is 10.2 Å². The van der Waals surface area contributed by atoms with Crippen LogP contribution in [0, 0.1) is 17.0 Å². The van der Waals surface area contributed by atoms with Crippen molar-refractivity contribution in [1.82, 2.24) is 10.2 Å². The minimum absolute atomic E-state index is 0.0745. The van der Waals surface area contributed by atoms with E-state index in [-0.39, 0.29) is 17.2 Å². The molecule has 31 heavy (non-hydrogen) atoms. The number of rotatable bonds is 5. The molecule has 1 saturated heterocycles. The van der Waals surface area contributed by atoms with E-state index >= 15 is 0 Å². The number of aromatic nitrogens is 2. The van der Waals surface area contributed by atoms with Crippen molar-refractivity contribution in [3.8, 4) is 11.3 Å². The lowest BCUT2D eigenvalue weighted by Gasteiger charge is -2.27. The summed E-state index contributed by atoms with van der Waals surface area (Å²) in [6.07, 6.45) is 3.64. The van der Waals surface area contributed by atoms with Crippen molar-refractivity contribution < 1.29 is 9.72 Å². The Morgan fingerprint density at radius 1 is 1.00 bits per heavy atom. The summed E-state index contributed by atoms with van der Waals surface area (Å²) >= 11 is 0. The number of hydrogen-bond donors (Lipinski definition) is 1. The van der Waals surface area contributed by atoms with Gasteiger partial charge < -0.3 is 10.2 Å². The number of nitro groups is 1. The Balaban J connectivity index is 1.45. The van der Waals surface area contributed by atoms with E-state index in [1.807, 2.05) is 24.3 Å². The molecule has 0 aliphatic carbocycles. The summed E-state index contributed by atoms with van der Waals surface area (Å²) in [5.41, 5.74) is 2.78. The zero-order chi connectivity index (χ0) is 21.8. The molecule has 0 atom stereocenters. The zero-order valence-corrected chi connectivity index (χ0v) is 17.2. The third-order valence-electron chi connectivity index (χ3n) is 5.52. The maximum absolute atomic E-state index is 12.6. The highest BCUT2D eigenvalue weighted by Crippen LogP contribution is 2.24. The molecule has 1 fully saturated rings. The molecule has 0 unspecified atom stereocenters. The van der Waals surface area contributed by atoms with Crippen LogP contribution in [0.1, 0.15) is 35.2 Å².